The predicted octanol–water partition coefficient (Wildman–Crippen LogP) is 5.31. The highest BCUT2D eigenvalue weighted by atomic mass is 35.5. The van der Waals surface area contributed by atoms with Crippen LogP contribution in [0.4, 0.5) is 5.82 Å². The fraction of sp³-hybridized carbons (Fsp3) is 0.0909. The van der Waals surface area contributed by atoms with E-state index in [1.807, 2.05) is 31.3 Å². The van der Waals surface area contributed by atoms with E-state index in [4.69, 9.17) is 10.7 Å². The van der Waals surface area contributed by atoms with E-state index < -0.39 is 0 Å². The standard InChI is InChI=1S/C22H20N4.2ClH/c1-24-22-19-13-18(16-5-3-2-4-6-16)21(26-20(19)11-12-25-22)17-9-7-15(14-23)8-10-17;;/h2-13H,14,23H2,1H3,(H,24,25);2*1H. The van der Waals surface area contributed by atoms with Gasteiger partial charge in [-0.2, -0.15) is 0 Å². The zero-order valence-electron chi connectivity index (χ0n) is 15.4. The molecule has 6 heteroatoms. The summed E-state index contributed by atoms with van der Waals surface area (Å²) in [4.78, 5) is 9.39. The number of nitrogens with zero attached hydrogens (tertiary/aromatic N) is 2. The Kier molecular flexibility index (Phi) is 7.35. The minimum atomic E-state index is 0. The van der Waals surface area contributed by atoms with Gasteiger partial charge in [0.1, 0.15) is 5.82 Å². The number of fused-ring (bicyclic) bond motifs is 1. The molecule has 2 heterocycles. The van der Waals surface area contributed by atoms with Gasteiger partial charge in [-0.15, -0.1) is 24.8 Å². The van der Waals surface area contributed by atoms with Crippen molar-refractivity contribution in [3.8, 4) is 22.4 Å². The van der Waals surface area contributed by atoms with E-state index in [1.165, 1.54) is 0 Å². The first-order valence-electron chi connectivity index (χ1n) is 8.62. The molecule has 28 heavy (non-hydrogen) atoms. The molecule has 0 aliphatic heterocycles. The maximum atomic E-state index is 5.74. The Hall–Kier alpha value is -2.66. The molecule has 4 rings (SSSR count). The number of rotatable bonds is 4. The second-order valence-corrected chi connectivity index (χ2v) is 6.13. The third kappa shape index (κ3) is 4.09. The Morgan fingerprint density at radius 1 is 0.893 bits per heavy atom. The van der Waals surface area contributed by atoms with E-state index in [9.17, 15) is 0 Å². The molecular formula is C22H22Cl2N4. The molecule has 0 bridgehead atoms. The monoisotopic (exact) mass is 412 g/mol. The van der Waals surface area contributed by atoms with Crippen LogP contribution in [-0.2, 0) is 6.54 Å². The van der Waals surface area contributed by atoms with Crippen LogP contribution in [0, 0.1) is 0 Å². The third-order valence-electron chi connectivity index (χ3n) is 4.53. The van der Waals surface area contributed by atoms with Crippen LogP contribution in [0.3, 0.4) is 0 Å². The van der Waals surface area contributed by atoms with Crippen molar-refractivity contribution in [2.24, 2.45) is 5.73 Å². The van der Waals surface area contributed by atoms with Crippen LogP contribution in [0.25, 0.3) is 33.3 Å². The van der Waals surface area contributed by atoms with Gasteiger partial charge >= 0.3 is 0 Å². The quantitative estimate of drug-likeness (QED) is 0.476. The maximum Gasteiger partial charge on any atom is 0.135 e. The van der Waals surface area contributed by atoms with Crippen molar-refractivity contribution in [3.63, 3.8) is 0 Å². The Labute approximate surface area is 177 Å². The van der Waals surface area contributed by atoms with Crippen LogP contribution in [-0.4, -0.2) is 17.0 Å². The van der Waals surface area contributed by atoms with Crippen molar-refractivity contribution in [1.29, 1.82) is 0 Å². The summed E-state index contributed by atoms with van der Waals surface area (Å²) < 4.78 is 0. The Bertz CT molecular complexity index is 1050. The summed E-state index contributed by atoms with van der Waals surface area (Å²) in [6.45, 7) is 0.536. The van der Waals surface area contributed by atoms with Gasteiger partial charge in [0, 0.05) is 36.3 Å². The highest BCUT2D eigenvalue weighted by Crippen LogP contribution is 2.35. The third-order valence-corrected chi connectivity index (χ3v) is 4.53. The molecule has 4 aromatic rings. The minimum absolute atomic E-state index is 0. The fourth-order valence-corrected chi connectivity index (χ4v) is 3.15. The van der Waals surface area contributed by atoms with Gasteiger partial charge in [0.05, 0.1) is 11.2 Å². The zero-order valence-corrected chi connectivity index (χ0v) is 17.1. The minimum Gasteiger partial charge on any atom is -0.373 e. The van der Waals surface area contributed by atoms with Gasteiger partial charge in [0.25, 0.3) is 0 Å². The first-order chi connectivity index (χ1) is 12.8. The SMILES string of the molecule is CNc1nccc2nc(-c3ccc(CN)cc3)c(-c3ccccc3)cc12.Cl.Cl. The summed E-state index contributed by atoms with van der Waals surface area (Å²) in [5.74, 6) is 0.831. The molecule has 0 fully saturated rings. The van der Waals surface area contributed by atoms with Gasteiger partial charge in [-0.05, 0) is 23.3 Å². The Morgan fingerprint density at radius 2 is 1.61 bits per heavy atom. The summed E-state index contributed by atoms with van der Waals surface area (Å²) in [5.41, 5.74) is 12.0. The normalized spacial score (nSPS) is 10.1. The second-order valence-electron chi connectivity index (χ2n) is 6.13. The smallest absolute Gasteiger partial charge is 0.135 e. The molecule has 0 atom stereocenters. The largest absolute Gasteiger partial charge is 0.373 e. The van der Waals surface area contributed by atoms with E-state index in [0.29, 0.717) is 6.54 Å². The van der Waals surface area contributed by atoms with Crippen LogP contribution in [0.15, 0.2) is 72.9 Å². The summed E-state index contributed by atoms with van der Waals surface area (Å²) in [7, 11) is 1.88. The number of nitrogens with two attached hydrogens (primary N) is 1. The topological polar surface area (TPSA) is 63.8 Å². The molecule has 2 aromatic heterocycles. The van der Waals surface area contributed by atoms with Crippen molar-refractivity contribution < 1.29 is 0 Å². The lowest BCUT2D eigenvalue weighted by molar-refractivity contribution is 1.07. The van der Waals surface area contributed by atoms with Crippen molar-refractivity contribution in [3.05, 3.63) is 78.5 Å². The summed E-state index contributed by atoms with van der Waals surface area (Å²) in [6.07, 6.45) is 1.78. The number of halogens is 2. The van der Waals surface area contributed by atoms with Gasteiger partial charge in [-0.3, -0.25) is 0 Å². The van der Waals surface area contributed by atoms with Crippen LogP contribution >= 0.6 is 24.8 Å². The highest BCUT2D eigenvalue weighted by Gasteiger charge is 2.13. The fourth-order valence-electron chi connectivity index (χ4n) is 3.15. The molecular weight excluding hydrogens is 391 g/mol. The molecule has 144 valence electrons. The van der Waals surface area contributed by atoms with Gasteiger partial charge in [-0.1, -0.05) is 54.6 Å². The molecule has 4 nitrogen and oxygen atoms in total. The molecule has 0 saturated carbocycles. The number of nitrogens with one attached hydrogen (secondary N) is 1. The van der Waals surface area contributed by atoms with E-state index in [1.54, 1.807) is 6.20 Å². The first kappa shape index (κ1) is 21.6. The van der Waals surface area contributed by atoms with E-state index in [-0.39, 0.29) is 24.8 Å². The lowest BCUT2D eigenvalue weighted by atomic mass is 9.97. The van der Waals surface area contributed by atoms with E-state index in [0.717, 1.165) is 44.7 Å². The van der Waals surface area contributed by atoms with Crippen LogP contribution in [0.5, 0.6) is 0 Å². The number of benzene rings is 2. The van der Waals surface area contributed by atoms with Crippen LogP contribution in [0.2, 0.25) is 0 Å². The Morgan fingerprint density at radius 3 is 2.25 bits per heavy atom. The summed E-state index contributed by atoms with van der Waals surface area (Å²) >= 11 is 0. The van der Waals surface area contributed by atoms with Gasteiger partial charge in [0.15, 0.2) is 0 Å². The summed E-state index contributed by atoms with van der Waals surface area (Å²) in [5, 5.41) is 4.17. The molecule has 0 aliphatic carbocycles. The molecule has 0 spiro atoms. The molecule has 3 N–H and O–H groups in total. The predicted molar refractivity (Wildman–Crippen MR) is 122 cm³/mol. The van der Waals surface area contributed by atoms with Crippen LogP contribution < -0.4 is 11.1 Å². The lowest BCUT2D eigenvalue weighted by Gasteiger charge is -2.13. The number of aromatic nitrogens is 2. The van der Waals surface area contributed by atoms with Gasteiger partial charge in [0.2, 0.25) is 0 Å². The molecule has 2 aromatic carbocycles. The maximum absolute atomic E-state index is 5.74. The number of hydrogen-bond donors (Lipinski definition) is 2. The van der Waals surface area contributed by atoms with E-state index in [2.05, 4.69) is 52.8 Å². The highest BCUT2D eigenvalue weighted by molar-refractivity contribution is 5.96. The molecule has 0 aliphatic rings. The van der Waals surface area contributed by atoms with E-state index >= 15 is 0 Å². The Balaban J connectivity index is 0.00000140. The molecule has 0 amide bonds. The molecule has 0 unspecified atom stereocenters. The van der Waals surface area contributed by atoms with Gasteiger partial charge < -0.3 is 11.1 Å². The summed E-state index contributed by atoms with van der Waals surface area (Å²) in [6, 6.07) is 22.7. The molecule has 0 saturated heterocycles. The van der Waals surface area contributed by atoms with Crippen molar-refractivity contribution in [2.75, 3.05) is 12.4 Å². The van der Waals surface area contributed by atoms with Crippen molar-refractivity contribution >= 4 is 41.5 Å². The average molecular weight is 413 g/mol. The second kappa shape index (κ2) is 9.51. The van der Waals surface area contributed by atoms with Crippen LogP contribution in [0.1, 0.15) is 5.56 Å². The van der Waals surface area contributed by atoms with Crippen molar-refractivity contribution in [1.82, 2.24) is 9.97 Å². The number of pyridine rings is 2. The number of anilines is 1. The zero-order chi connectivity index (χ0) is 17.9. The van der Waals surface area contributed by atoms with Gasteiger partial charge in [-0.25, -0.2) is 9.97 Å². The molecule has 0 radical (unpaired) electrons. The first-order valence-corrected chi connectivity index (χ1v) is 8.62. The lowest BCUT2D eigenvalue weighted by Crippen LogP contribution is -1.98. The number of hydrogen-bond acceptors (Lipinski definition) is 4. The average Bonchev–Trinajstić information content (AvgIpc) is 2.73. The van der Waals surface area contributed by atoms with Crippen molar-refractivity contribution in [2.45, 2.75) is 6.54 Å².